The average Bonchev–Trinajstić information content (AvgIpc) is 3.38. The molecule has 8 heteroatoms. The van der Waals surface area contributed by atoms with Crippen molar-refractivity contribution >= 4 is 17.5 Å². The molecule has 0 aliphatic carbocycles. The third-order valence-corrected chi connectivity index (χ3v) is 6.31. The number of phenols is 1. The molecule has 34 heavy (non-hydrogen) atoms. The summed E-state index contributed by atoms with van der Waals surface area (Å²) in [6.45, 7) is 3.69. The molecule has 1 unspecified atom stereocenters. The van der Waals surface area contributed by atoms with Crippen molar-refractivity contribution in [2.45, 2.75) is 38.6 Å². The number of rotatable bonds is 11. The number of benzene rings is 2. The predicted molar refractivity (Wildman–Crippen MR) is 132 cm³/mol. The summed E-state index contributed by atoms with van der Waals surface area (Å²) in [5.74, 6) is 0.689. The monoisotopic (exact) mass is 483 g/mol. The van der Waals surface area contributed by atoms with E-state index < -0.39 is 0 Å². The van der Waals surface area contributed by atoms with Crippen LogP contribution < -0.4 is 4.74 Å². The number of ether oxygens (including phenoxy) is 2. The van der Waals surface area contributed by atoms with Gasteiger partial charge in [0.05, 0.1) is 19.3 Å². The molecule has 0 saturated carbocycles. The van der Waals surface area contributed by atoms with Crippen LogP contribution in [0.15, 0.2) is 42.5 Å². The minimum Gasteiger partial charge on any atom is -0.507 e. The maximum atomic E-state index is 13.3. The summed E-state index contributed by atoms with van der Waals surface area (Å²) in [6, 6.07) is 12.2. The quantitative estimate of drug-likeness (QED) is 0.347. The fourth-order valence-corrected chi connectivity index (χ4v) is 4.50. The van der Waals surface area contributed by atoms with Crippen LogP contribution in [0.2, 0.25) is 5.02 Å². The smallest absolute Gasteiger partial charge is 0.273 e. The number of amides is 1. The Kier molecular flexibility index (Phi) is 7.75. The first-order valence-electron chi connectivity index (χ1n) is 11.6. The summed E-state index contributed by atoms with van der Waals surface area (Å²) in [5, 5.41) is 18.2. The van der Waals surface area contributed by atoms with E-state index >= 15 is 0 Å². The van der Waals surface area contributed by atoms with E-state index in [9.17, 15) is 9.90 Å². The maximum Gasteiger partial charge on any atom is 0.273 e. The van der Waals surface area contributed by atoms with Crippen LogP contribution in [-0.2, 0) is 4.74 Å². The standard InChI is InChI=1S/C26H30ClN3O4/c1-3-4-5-6-14-34-19-10-7-17(8-11-19)25-22-23(20-16-18(27)9-12-21(20)31)28-29-24(22)26(32)30(25)13-15-33-2/h7-12,16,25,31H,3-6,13-15H2,1-2H3,(H,28,29). The second-order valence-electron chi connectivity index (χ2n) is 8.39. The molecule has 0 saturated heterocycles. The number of methoxy groups -OCH3 is 1. The normalized spacial score (nSPS) is 15.1. The molecule has 2 aromatic carbocycles. The van der Waals surface area contributed by atoms with Gasteiger partial charge in [0, 0.05) is 29.8 Å². The van der Waals surface area contributed by atoms with Crippen LogP contribution in [0.4, 0.5) is 0 Å². The van der Waals surface area contributed by atoms with Crippen molar-refractivity contribution in [3.63, 3.8) is 0 Å². The largest absolute Gasteiger partial charge is 0.507 e. The Morgan fingerprint density at radius 2 is 1.91 bits per heavy atom. The molecule has 0 bridgehead atoms. The Bertz CT molecular complexity index is 1130. The number of fused-ring (bicyclic) bond motifs is 1. The first-order valence-corrected chi connectivity index (χ1v) is 12.0. The Balaban J connectivity index is 1.66. The molecular formula is C26H30ClN3O4. The number of carbonyl (C=O) groups is 1. The van der Waals surface area contributed by atoms with E-state index in [0.717, 1.165) is 24.2 Å². The minimum absolute atomic E-state index is 0.0482. The van der Waals surface area contributed by atoms with E-state index in [1.165, 1.54) is 18.9 Å². The Hall–Kier alpha value is -3.03. The SMILES string of the molecule is CCCCCCOc1ccc(C2c3c(-c4cc(Cl)ccc4O)n[nH]c3C(=O)N2CCOC)cc1. The van der Waals surface area contributed by atoms with Gasteiger partial charge in [0.25, 0.3) is 5.91 Å². The van der Waals surface area contributed by atoms with E-state index in [1.54, 1.807) is 24.1 Å². The Morgan fingerprint density at radius 1 is 1.12 bits per heavy atom. The fourth-order valence-electron chi connectivity index (χ4n) is 4.33. The molecule has 1 aromatic heterocycles. The van der Waals surface area contributed by atoms with Gasteiger partial charge in [-0.3, -0.25) is 9.89 Å². The summed E-state index contributed by atoms with van der Waals surface area (Å²) >= 11 is 6.19. The van der Waals surface area contributed by atoms with Crippen LogP contribution in [0.5, 0.6) is 11.5 Å². The number of aromatic nitrogens is 2. The number of hydrogen-bond acceptors (Lipinski definition) is 5. The molecular weight excluding hydrogens is 454 g/mol. The topological polar surface area (TPSA) is 87.7 Å². The van der Waals surface area contributed by atoms with Crippen LogP contribution in [-0.4, -0.2) is 53.0 Å². The van der Waals surface area contributed by atoms with Gasteiger partial charge in [-0.25, -0.2) is 0 Å². The average molecular weight is 484 g/mol. The summed E-state index contributed by atoms with van der Waals surface area (Å²) in [6.07, 6.45) is 4.60. The van der Waals surface area contributed by atoms with Crippen molar-refractivity contribution in [3.8, 4) is 22.8 Å². The Morgan fingerprint density at radius 3 is 2.65 bits per heavy atom. The first-order chi connectivity index (χ1) is 16.5. The molecule has 7 nitrogen and oxygen atoms in total. The minimum atomic E-state index is -0.386. The van der Waals surface area contributed by atoms with Gasteiger partial charge in [-0.1, -0.05) is 49.9 Å². The zero-order valence-electron chi connectivity index (χ0n) is 19.5. The van der Waals surface area contributed by atoms with Crippen molar-refractivity contribution in [2.75, 3.05) is 26.9 Å². The zero-order valence-corrected chi connectivity index (χ0v) is 20.3. The molecule has 2 heterocycles. The molecule has 1 aliphatic heterocycles. The van der Waals surface area contributed by atoms with Gasteiger partial charge < -0.3 is 19.5 Å². The van der Waals surface area contributed by atoms with E-state index in [-0.39, 0.29) is 17.7 Å². The second kappa shape index (κ2) is 10.9. The molecule has 3 aromatic rings. The van der Waals surface area contributed by atoms with Gasteiger partial charge in [0.1, 0.15) is 22.9 Å². The number of aromatic amines is 1. The molecule has 0 spiro atoms. The fraction of sp³-hybridized carbons (Fsp3) is 0.385. The number of nitrogens with one attached hydrogen (secondary N) is 1. The lowest BCUT2D eigenvalue weighted by Crippen LogP contribution is -2.32. The summed E-state index contributed by atoms with van der Waals surface area (Å²) < 4.78 is 11.1. The molecule has 2 N–H and O–H groups in total. The lowest BCUT2D eigenvalue weighted by atomic mass is 9.95. The zero-order chi connectivity index (χ0) is 24.1. The highest BCUT2D eigenvalue weighted by Crippen LogP contribution is 2.45. The lowest BCUT2D eigenvalue weighted by Gasteiger charge is -2.26. The van der Waals surface area contributed by atoms with E-state index in [2.05, 4.69) is 17.1 Å². The molecule has 0 fully saturated rings. The summed E-state index contributed by atoms with van der Waals surface area (Å²) in [4.78, 5) is 15.0. The van der Waals surface area contributed by atoms with Gasteiger partial charge in [-0.05, 0) is 42.3 Å². The number of carbonyl (C=O) groups excluding carboxylic acids is 1. The van der Waals surface area contributed by atoms with Crippen molar-refractivity contribution in [1.82, 2.24) is 15.1 Å². The van der Waals surface area contributed by atoms with Gasteiger partial charge in [0.15, 0.2) is 0 Å². The van der Waals surface area contributed by atoms with Crippen molar-refractivity contribution < 1.29 is 19.4 Å². The van der Waals surface area contributed by atoms with E-state index in [4.69, 9.17) is 21.1 Å². The van der Waals surface area contributed by atoms with Crippen LogP contribution in [0.3, 0.4) is 0 Å². The highest BCUT2D eigenvalue weighted by atomic mass is 35.5. The van der Waals surface area contributed by atoms with Crippen LogP contribution in [0.25, 0.3) is 11.3 Å². The van der Waals surface area contributed by atoms with Gasteiger partial charge >= 0.3 is 0 Å². The third kappa shape index (κ3) is 4.91. The number of aromatic hydroxyl groups is 1. The number of H-pyrrole nitrogens is 1. The molecule has 1 atom stereocenters. The van der Waals surface area contributed by atoms with Gasteiger partial charge in [-0.15, -0.1) is 0 Å². The van der Waals surface area contributed by atoms with Crippen LogP contribution >= 0.6 is 11.6 Å². The van der Waals surface area contributed by atoms with Crippen molar-refractivity contribution in [1.29, 1.82) is 0 Å². The second-order valence-corrected chi connectivity index (χ2v) is 8.83. The molecule has 1 aliphatic rings. The van der Waals surface area contributed by atoms with Crippen molar-refractivity contribution in [2.24, 2.45) is 0 Å². The van der Waals surface area contributed by atoms with Crippen LogP contribution in [0, 0.1) is 0 Å². The number of phenolic OH excluding ortho intramolecular Hbond substituents is 1. The number of halogens is 1. The highest BCUT2D eigenvalue weighted by Gasteiger charge is 2.42. The van der Waals surface area contributed by atoms with E-state index in [0.29, 0.717) is 47.3 Å². The number of unbranched alkanes of at least 4 members (excludes halogenated alkanes) is 3. The number of hydrogen-bond donors (Lipinski definition) is 2. The van der Waals surface area contributed by atoms with Crippen LogP contribution in [0.1, 0.15) is 60.3 Å². The lowest BCUT2D eigenvalue weighted by molar-refractivity contribution is 0.0677. The molecule has 4 rings (SSSR count). The summed E-state index contributed by atoms with van der Waals surface area (Å²) in [5.41, 5.74) is 3.03. The molecule has 0 radical (unpaired) electrons. The highest BCUT2D eigenvalue weighted by molar-refractivity contribution is 6.31. The van der Waals surface area contributed by atoms with Gasteiger partial charge in [-0.2, -0.15) is 5.10 Å². The maximum absolute atomic E-state index is 13.3. The molecule has 180 valence electrons. The Labute approximate surface area is 204 Å². The predicted octanol–water partition coefficient (Wildman–Crippen LogP) is 5.59. The molecule has 1 amide bonds. The number of nitrogens with zero attached hydrogens (tertiary/aromatic N) is 2. The summed E-state index contributed by atoms with van der Waals surface area (Å²) in [7, 11) is 1.61. The van der Waals surface area contributed by atoms with E-state index in [1.807, 2.05) is 24.3 Å². The first kappa shape index (κ1) is 24.1. The third-order valence-electron chi connectivity index (χ3n) is 6.08. The van der Waals surface area contributed by atoms with Gasteiger partial charge in [0.2, 0.25) is 0 Å². The van der Waals surface area contributed by atoms with Crippen molar-refractivity contribution in [3.05, 3.63) is 64.3 Å².